The Labute approximate surface area is 377 Å². The molecule has 0 saturated heterocycles. The summed E-state index contributed by atoms with van der Waals surface area (Å²) >= 11 is 0. The molecule has 0 unspecified atom stereocenters. The minimum atomic E-state index is 0. The van der Waals surface area contributed by atoms with E-state index in [4.69, 9.17) is 18.9 Å². The largest absolute Gasteiger partial charge is 0.489 e. The summed E-state index contributed by atoms with van der Waals surface area (Å²) in [5, 5.41) is 20.6. The molecule has 10 rings (SSSR count). The molecule has 0 atom stereocenters. The van der Waals surface area contributed by atoms with E-state index < -0.39 is 0 Å². The topological polar surface area (TPSA) is 141 Å². The molecular formula is C53H48N8O4. The van der Waals surface area contributed by atoms with Gasteiger partial charge in [0, 0.05) is 29.7 Å². The van der Waals surface area contributed by atoms with Crippen molar-refractivity contribution < 1.29 is 18.9 Å². The Bertz CT molecular complexity index is 3010. The van der Waals surface area contributed by atoms with Crippen LogP contribution in [0.25, 0.3) is 21.8 Å². The molecule has 0 radical (unpaired) electrons. The third kappa shape index (κ3) is 12.4. The molecule has 0 aliphatic carbocycles. The lowest BCUT2D eigenvalue weighted by atomic mass is 10.1. The molecule has 6 aromatic carbocycles. The van der Waals surface area contributed by atoms with Crippen LogP contribution in [0.1, 0.15) is 46.9 Å². The fraction of sp³-hybridized carbons (Fsp3) is 0.151. The van der Waals surface area contributed by atoms with Gasteiger partial charge in [0.25, 0.3) is 0 Å². The molecule has 4 heterocycles. The Morgan fingerprint density at radius 1 is 0.462 bits per heavy atom. The molecule has 0 spiro atoms. The molecule has 3 aromatic heterocycles. The summed E-state index contributed by atoms with van der Waals surface area (Å²) in [7, 11) is 0. The fourth-order valence-electron chi connectivity index (χ4n) is 7.05. The third-order valence-electron chi connectivity index (χ3n) is 10.3. The van der Waals surface area contributed by atoms with E-state index in [0.717, 1.165) is 90.8 Å². The van der Waals surface area contributed by atoms with Crippen LogP contribution < -0.4 is 18.9 Å². The summed E-state index contributed by atoms with van der Waals surface area (Å²) in [5.74, 6) is 3.92. The van der Waals surface area contributed by atoms with E-state index in [9.17, 15) is 0 Å². The van der Waals surface area contributed by atoms with Gasteiger partial charge in [-0.15, -0.1) is 5.10 Å². The first kappa shape index (κ1) is 43.4. The maximum Gasteiger partial charge on any atom is 0.137 e. The van der Waals surface area contributed by atoms with Gasteiger partial charge in [-0.3, -0.25) is 5.10 Å². The van der Waals surface area contributed by atoms with Crippen LogP contribution in [0.4, 0.5) is 0 Å². The molecule has 1 aliphatic rings. The lowest BCUT2D eigenvalue weighted by molar-refractivity contribution is 0.287. The number of benzene rings is 6. The number of aromatic nitrogens is 5. The highest BCUT2D eigenvalue weighted by molar-refractivity contribution is 5.89. The molecule has 65 heavy (non-hydrogen) atoms. The quantitative estimate of drug-likeness (QED) is 0.101. The zero-order valence-electron chi connectivity index (χ0n) is 35.0. The number of hydrogen-bond acceptors (Lipinski definition) is 11. The number of rotatable bonds is 16. The lowest BCUT2D eigenvalue weighted by Crippen LogP contribution is -2.04. The number of ether oxygens (including phenoxy) is 4. The van der Waals surface area contributed by atoms with Crippen molar-refractivity contribution in [3.8, 4) is 23.0 Å². The second-order valence-electron chi connectivity index (χ2n) is 15.1. The van der Waals surface area contributed by atoms with E-state index in [0.29, 0.717) is 39.4 Å². The molecule has 0 fully saturated rings. The van der Waals surface area contributed by atoms with Crippen molar-refractivity contribution in [2.24, 2.45) is 15.4 Å². The standard InChI is InChI=1S/2C26H22N4O2.CH4/c1-2-10-25-21(7-1)11-12-22(29-25)17-32-24-9-4-8-23(15-24)31-16-20-6-3-5-19(13-20)14-26-27-18-28-30-26;1-2-7-26-21(6-1)8-9-22(28-26)18-32-25-12-10-24(11-13-25)31-17-20-5-3-4-19(14-20)15-23-16-27-30-29-23;/h1-13,15,18H,14,16-17H2,(H,27,28,30);1-14H,15-18H2;1H4. The molecule has 0 saturated carbocycles. The maximum absolute atomic E-state index is 6.00. The lowest BCUT2D eigenvalue weighted by Gasteiger charge is -2.10. The van der Waals surface area contributed by atoms with Crippen molar-refractivity contribution in [2.45, 2.75) is 46.7 Å². The Morgan fingerprint density at radius 2 is 0.985 bits per heavy atom. The van der Waals surface area contributed by atoms with E-state index in [-0.39, 0.29) is 7.43 Å². The van der Waals surface area contributed by atoms with Crippen molar-refractivity contribution in [3.05, 3.63) is 216 Å². The molecule has 324 valence electrons. The first-order valence-electron chi connectivity index (χ1n) is 21.0. The van der Waals surface area contributed by atoms with Gasteiger partial charge >= 0.3 is 0 Å². The van der Waals surface area contributed by atoms with Crippen LogP contribution in [0, 0.1) is 0 Å². The highest BCUT2D eigenvalue weighted by atomic mass is 16.5. The van der Waals surface area contributed by atoms with Gasteiger partial charge in [0.15, 0.2) is 0 Å². The van der Waals surface area contributed by atoms with E-state index >= 15 is 0 Å². The Balaban J connectivity index is 0.000000175. The Kier molecular flexibility index (Phi) is 14.5. The molecule has 0 bridgehead atoms. The summed E-state index contributed by atoms with van der Waals surface area (Å²) < 4.78 is 23.8. The highest BCUT2D eigenvalue weighted by Gasteiger charge is 2.08. The van der Waals surface area contributed by atoms with E-state index in [1.54, 1.807) is 0 Å². The number of pyridine rings is 2. The summed E-state index contributed by atoms with van der Waals surface area (Å²) in [6.45, 7) is 2.38. The SMILES string of the molecule is C.c1cc(COc2ccc(OCc3ccc4ccccc4n3)cc2)cc(CC2=NN=NC2)c1.c1cc(COc2cccc(OCc3ccc4ccccc4n3)c2)cc(Cc2ncn[nH]2)c1. The number of nitrogens with one attached hydrogen (secondary N) is 1. The molecule has 12 heteroatoms. The number of fused-ring (bicyclic) bond motifs is 2. The Morgan fingerprint density at radius 3 is 1.55 bits per heavy atom. The maximum atomic E-state index is 6.00. The predicted molar refractivity (Wildman–Crippen MR) is 253 cm³/mol. The highest BCUT2D eigenvalue weighted by Crippen LogP contribution is 2.24. The van der Waals surface area contributed by atoms with Crippen molar-refractivity contribution >= 4 is 27.5 Å². The average Bonchev–Trinajstić information content (AvgIpc) is 4.07. The minimum Gasteiger partial charge on any atom is -0.489 e. The van der Waals surface area contributed by atoms with Gasteiger partial charge in [0.2, 0.25) is 0 Å². The zero-order chi connectivity index (χ0) is 43.2. The first-order chi connectivity index (χ1) is 31.6. The smallest absolute Gasteiger partial charge is 0.137 e. The molecule has 1 aliphatic heterocycles. The molecule has 0 amide bonds. The van der Waals surface area contributed by atoms with Crippen molar-refractivity contribution in [2.75, 3.05) is 6.54 Å². The minimum absolute atomic E-state index is 0. The second kappa shape index (κ2) is 21.7. The normalized spacial score (nSPS) is 11.6. The second-order valence-corrected chi connectivity index (χ2v) is 15.1. The summed E-state index contributed by atoms with van der Waals surface area (Å²) in [4.78, 5) is 13.5. The fourth-order valence-corrected chi connectivity index (χ4v) is 7.05. The van der Waals surface area contributed by atoms with Gasteiger partial charge in [-0.1, -0.05) is 111 Å². The number of para-hydroxylation sites is 2. The van der Waals surface area contributed by atoms with E-state index in [2.05, 4.69) is 101 Å². The average molecular weight is 861 g/mol. The van der Waals surface area contributed by atoms with Gasteiger partial charge in [0.05, 0.1) is 28.1 Å². The van der Waals surface area contributed by atoms with Crippen molar-refractivity contribution in [1.82, 2.24) is 25.1 Å². The van der Waals surface area contributed by atoms with Crippen LogP contribution >= 0.6 is 0 Å². The van der Waals surface area contributed by atoms with Gasteiger partial charge < -0.3 is 18.9 Å². The zero-order valence-corrected chi connectivity index (χ0v) is 35.0. The molecule has 12 nitrogen and oxygen atoms in total. The Hall–Kier alpha value is -8.25. The van der Waals surface area contributed by atoms with Crippen LogP contribution in [0.15, 0.2) is 192 Å². The van der Waals surface area contributed by atoms with Crippen LogP contribution in [-0.2, 0) is 39.3 Å². The molecule has 9 aromatic rings. The first-order valence-corrected chi connectivity index (χ1v) is 21.0. The number of H-pyrrole nitrogens is 1. The monoisotopic (exact) mass is 860 g/mol. The van der Waals surface area contributed by atoms with Gasteiger partial charge in [-0.25, -0.2) is 15.0 Å². The summed E-state index contributed by atoms with van der Waals surface area (Å²) in [6.07, 6.45) is 2.99. The molecule has 1 N–H and O–H groups in total. The number of aromatic amines is 1. The summed E-state index contributed by atoms with van der Waals surface area (Å²) in [6, 6.07) is 56.2. The number of hydrogen-bond donors (Lipinski definition) is 1. The van der Waals surface area contributed by atoms with Crippen molar-refractivity contribution in [1.29, 1.82) is 0 Å². The van der Waals surface area contributed by atoms with Crippen LogP contribution in [0.2, 0.25) is 0 Å². The summed E-state index contributed by atoms with van der Waals surface area (Å²) in [5.41, 5.74) is 9.25. The van der Waals surface area contributed by atoms with Crippen LogP contribution in [0.3, 0.4) is 0 Å². The number of nitrogens with zero attached hydrogens (tertiary/aromatic N) is 7. The van der Waals surface area contributed by atoms with Crippen LogP contribution in [-0.4, -0.2) is 37.4 Å². The van der Waals surface area contributed by atoms with Gasteiger partial charge in [0.1, 0.15) is 68.1 Å². The van der Waals surface area contributed by atoms with E-state index in [1.807, 2.05) is 109 Å². The predicted octanol–water partition coefficient (Wildman–Crippen LogP) is 11.5. The third-order valence-corrected chi connectivity index (χ3v) is 10.3. The van der Waals surface area contributed by atoms with E-state index in [1.165, 1.54) is 11.9 Å². The molecular weight excluding hydrogens is 813 g/mol. The van der Waals surface area contributed by atoms with Gasteiger partial charge in [-0.2, -0.15) is 10.2 Å². The van der Waals surface area contributed by atoms with Gasteiger partial charge in [-0.05, 0) is 88.1 Å². The van der Waals surface area contributed by atoms with Crippen LogP contribution in [0.5, 0.6) is 23.0 Å². The van der Waals surface area contributed by atoms with Crippen molar-refractivity contribution in [3.63, 3.8) is 0 Å².